The van der Waals surface area contributed by atoms with Crippen molar-refractivity contribution in [2.75, 3.05) is 13.2 Å². The zero-order valence-corrected chi connectivity index (χ0v) is 17.6. The molecule has 28 heavy (non-hydrogen) atoms. The van der Waals surface area contributed by atoms with E-state index in [4.69, 9.17) is 9.47 Å². The van der Waals surface area contributed by atoms with Crippen molar-refractivity contribution in [2.45, 2.75) is 78.1 Å². The van der Waals surface area contributed by atoms with Crippen LogP contribution in [0.3, 0.4) is 0 Å². The van der Waals surface area contributed by atoms with Crippen LogP contribution in [-0.2, 0) is 9.47 Å². The third-order valence-electron chi connectivity index (χ3n) is 4.48. The van der Waals surface area contributed by atoms with E-state index in [0.29, 0.717) is 24.3 Å². The molecule has 0 radical (unpaired) electrons. The fourth-order valence-corrected chi connectivity index (χ4v) is 2.72. The minimum atomic E-state index is -0.355. The first-order valence-electron chi connectivity index (χ1n) is 10.8. The third-order valence-corrected chi connectivity index (χ3v) is 4.48. The Morgan fingerprint density at radius 2 is 1.14 bits per heavy atom. The minimum absolute atomic E-state index is 0.345. The second kappa shape index (κ2) is 15.9. The first kappa shape index (κ1) is 23.9. The van der Waals surface area contributed by atoms with Gasteiger partial charge in [-0.25, -0.2) is 9.59 Å². The largest absolute Gasteiger partial charge is 0.462 e. The third kappa shape index (κ3) is 10.9. The molecule has 156 valence electrons. The van der Waals surface area contributed by atoms with Gasteiger partial charge in [-0.2, -0.15) is 0 Å². The number of hydrogen-bond acceptors (Lipinski definition) is 4. The summed E-state index contributed by atoms with van der Waals surface area (Å²) in [5, 5.41) is 0. The number of benzene rings is 1. The van der Waals surface area contributed by atoms with E-state index in [9.17, 15) is 9.59 Å². The maximum atomic E-state index is 12.0. The molecule has 0 atom stereocenters. The topological polar surface area (TPSA) is 52.6 Å². The first-order valence-corrected chi connectivity index (χ1v) is 10.8. The maximum Gasteiger partial charge on any atom is 0.338 e. The van der Waals surface area contributed by atoms with Gasteiger partial charge >= 0.3 is 11.9 Å². The quantitative estimate of drug-likeness (QED) is 0.195. The van der Waals surface area contributed by atoms with Crippen LogP contribution >= 0.6 is 0 Å². The second-order valence-corrected chi connectivity index (χ2v) is 7.02. The van der Waals surface area contributed by atoms with E-state index in [-0.39, 0.29) is 11.9 Å². The Bertz CT molecular complexity index is 575. The number of hydrogen-bond donors (Lipinski definition) is 0. The number of carbonyl (C=O) groups is 2. The van der Waals surface area contributed by atoms with E-state index >= 15 is 0 Å². The fourth-order valence-electron chi connectivity index (χ4n) is 2.72. The highest BCUT2D eigenvalue weighted by Gasteiger charge is 2.10. The van der Waals surface area contributed by atoms with E-state index in [2.05, 4.69) is 26.0 Å². The Morgan fingerprint density at radius 3 is 1.68 bits per heavy atom. The maximum absolute atomic E-state index is 12.0. The van der Waals surface area contributed by atoms with Gasteiger partial charge in [0.2, 0.25) is 0 Å². The normalized spacial score (nSPS) is 10.9. The highest BCUT2D eigenvalue weighted by Crippen LogP contribution is 2.09. The molecule has 0 aliphatic heterocycles. The SMILES string of the molecule is CCCCC/C=C/CCCOC(=O)c1ccc(C(=O)OCCCCCC)cc1. The average Bonchev–Trinajstić information content (AvgIpc) is 2.72. The van der Waals surface area contributed by atoms with Gasteiger partial charge in [-0.05, 0) is 56.4 Å². The number of esters is 2. The predicted molar refractivity (Wildman–Crippen MR) is 114 cm³/mol. The number of rotatable bonds is 15. The zero-order chi connectivity index (χ0) is 20.5. The summed E-state index contributed by atoms with van der Waals surface area (Å²) in [5.74, 6) is -0.700. The van der Waals surface area contributed by atoms with Crippen LogP contribution in [0.1, 0.15) is 98.8 Å². The van der Waals surface area contributed by atoms with Crippen molar-refractivity contribution in [3.05, 3.63) is 47.5 Å². The molecular weight excluding hydrogens is 352 g/mol. The number of unbranched alkanes of at least 4 members (excludes halogenated alkanes) is 7. The summed E-state index contributed by atoms with van der Waals surface area (Å²) in [6, 6.07) is 6.46. The van der Waals surface area contributed by atoms with Gasteiger partial charge < -0.3 is 9.47 Å². The van der Waals surface area contributed by atoms with Gasteiger partial charge in [0.25, 0.3) is 0 Å². The molecule has 0 saturated carbocycles. The summed E-state index contributed by atoms with van der Waals surface area (Å²) in [5.41, 5.74) is 0.912. The molecule has 0 amide bonds. The zero-order valence-electron chi connectivity index (χ0n) is 17.6. The van der Waals surface area contributed by atoms with Crippen molar-refractivity contribution < 1.29 is 19.1 Å². The molecule has 0 heterocycles. The Kier molecular flexibility index (Phi) is 13.6. The molecule has 0 saturated heterocycles. The molecule has 1 rings (SSSR count). The molecule has 1 aromatic carbocycles. The molecule has 0 aliphatic rings. The predicted octanol–water partition coefficient (Wildman–Crippen LogP) is 6.50. The van der Waals surface area contributed by atoms with Crippen LogP contribution in [0.5, 0.6) is 0 Å². The minimum Gasteiger partial charge on any atom is -0.462 e. The van der Waals surface area contributed by atoms with Crippen molar-refractivity contribution in [1.82, 2.24) is 0 Å². The van der Waals surface area contributed by atoms with E-state index in [0.717, 1.165) is 44.9 Å². The van der Waals surface area contributed by atoms with Crippen LogP contribution in [0, 0.1) is 0 Å². The molecule has 0 unspecified atom stereocenters. The van der Waals surface area contributed by atoms with Crippen molar-refractivity contribution >= 4 is 11.9 Å². The van der Waals surface area contributed by atoms with Crippen LogP contribution in [-0.4, -0.2) is 25.2 Å². The standard InChI is InChI=1S/C24H36O4/c1-3-5-7-9-10-11-12-14-20-28-24(26)22-17-15-21(16-18-22)23(25)27-19-13-8-6-4-2/h10-11,15-18H,3-9,12-14,19-20H2,1-2H3/b11-10+. The lowest BCUT2D eigenvalue weighted by molar-refractivity contribution is 0.0485. The van der Waals surface area contributed by atoms with Crippen LogP contribution in [0.25, 0.3) is 0 Å². The van der Waals surface area contributed by atoms with Crippen LogP contribution in [0.2, 0.25) is 0 Å². The molecule has 0 spiro atoms. The Labute approximate surface area is 170 Å². The Balaban J connectivity index is 2.23. The highest BCUT2D eigenvalue weighted by atomic mass is 16.5. The summed E-state index contributed by atoms with van der Waals surface area (Å²) in [7, 11) is 0. The van der Waals surface area contributed by atoms with Gasteiger partial charge in [-0.3, -0.25) is 0 Å². The van der Waals surface area contributed by atoms with Crippen molar-refractivity contribution in [3.63, 3.8) is 0 Å². The smallest absolute Gasteiger partial charge is 0.338 e. The summed E-state index contributed by atoms with van der Waals surface area (Å²) in [6.45, 7) is 5.19. The van der Waals surface area contributed by atoms with Crippen LogP contribution in [0.15, 0.2) is 36.4 Å². The van der Waals surface area contributed by atoms with Gasteiger partial charge in [0.15, 0.2) is 0 Å². The lowest BCUT2D eigenvalue weighted by Crippen LogP contribution is -2.09. The number of ether oxygens (including phenoxy) is 2. The fraction of sp³-hybridized carbons (Fsp3) is 0.583. The lowest BCUT2D eigenvalue weighted by atomic mass is 10.1. The van der Waals surface area contributed by atoms with Crippen molar-refractivity contribution in [2.24, 2.45) is 0 Å². The first-order chi connectivity index (χ1) is 13.7. The molecule has 4 nitrogen and oxygen atoms in total. The van der Waals surface area contributed by atoms with Gasteiger partial charge in [-0.1, -0.05) is 58.1 Å². The molecule has 0 fully saturated rings. The molecular formula is C24H36O4. The molecule has 0 aromatic heterocycles. The second-order valence-electron chi connectivity index (χ2n) is 7.02. The highest BCUT2D eigenvalue weighted by molar-refractivity contribution is 5.93. The molecule has 0 bridgehead atoms. The molecule has 1 aromatic rings. The van der Waals surface area contributed by atoms with E-state index < -0.39 is 0 Å². The summed E-state index contributed by atoms with van der Waals surface area (Å²) >= 11 is 0. The summed E-state index contributed by atoms with van der Waals surface area (Å²) < 4.78 is 10.5. The Morgan fingerprint density at radius 1 is 0.679 bits per heavy atom. The van der Waals surface area contributed by atoms with Crippen molar-refractivity contribution in [3.8, 4) is 0 Å². The van der Waals surface area contributed by atoms with E-state index in [1.54, 1.807) is 24.3 Å². The van der Waals surface area contributed by atoms with Gasteiger partial charge in [-0.15, -0.1) is 0 Å². The van der Waals surface area contributed by atoms with E-state index in [1.165, 1.54) is 19.3 Å². The van der Waals surface area contributed by atoms with Crippen LogP contribution < -0.4 is 0 Å². The molecule has 0 aliphatic carbocycles. The van der Waals surface area contributed by atoms with Gasteiger partial charge in [0.05, 0.1) is 24.3 Å². The van der Waals surface area contributed by atoms with Crippen molar-refractivity contribution in [1.29, 1.82) is 0 Å². The summed E-state index contributed by atoms with van der Waals surface area (Å²) in [4.78, 5) is 24.0. The van der Waals surface area contributed by atoms with E-state index in [1.807, 2.05) is 0 Å². The molecule has 0 N–H and O–H groups in total. The monoisotopic (exact) mass is 388 g/mol. The molecule has 4 heteroatoms. The summed E-state index contributed by atoms with van der Waals surface area (Å²) in [6.07, 6.45) is 15.3. The number of carbonyl (C=O) groups excluding carboxylic acids is 2. The van der Waals surface area contributed by atoms with Gasteiger partial charge in [0.1, 0.15) is 0 Å². The lowest BCUT2D eigenvalue weighted by Gasteiger charge is -2.06. The average molecular weight is 389 g/mol. The number of allylic oxidation sites excluding steroid dienone is 2. The Hall–Kier alpha value is -2.10. The van der Waals surface area contributed by atoms with Gasteiger partial charge in [0, 0.05) is 0 Å². The van der Waals surface area contributed by atoms with Crippen LogP contribution in [0.4, 0.5) is 0 Å².